The maximum Gasteiger partial charge on any atom is 0.305 e. The lowest BCUT2D eigenvalue weighted by Crippen LogP contribution is -2.24. The molecule has 0 aliphatic carbocycles. The number of amides is 1. The molecule has 3 N–H and O–H groups in total. The number of H-pyrrole nitrogens is 1. The van der Waals surface area contributed by atoms with E-state index in [-0.39, 0.29) is 17.4 Å². The Morgan fingerprint density at radius 3 is 2.52 bits per heavy atom. The van der Waals surface area contributed by atoms with E-state index in [4.69, 9.17) is 0 Å². The molecule has 162 valence electrons. The molecule has 0 aliphatic heterocycles. The molecule has 3 rings (SSSR count). The lowest BCUT2D eigenvalue weighted by Gasteiger charge is -2.08. The van der Waals surface area contributed by atoms with Crippen LogP contribution in [0.15, 0.2) is 53.3 Å². The monoisotopic (exact) mass is 422 g/mol. The SMILES string of the molecule is COC(=O)CCCCCCNC(=O)c1ccc(Nc2nc3ccccc3c(=O)[nH]2)cc1. The van der Waals surface area contributed by atoms with Gasteiger partial charge in [-0.05, 0) is 49.2 Å². The van der Waals surface area contributed by atoms with E-state index in [1.807, 2.05) is 6.07 Å². The van der Waals surface area contributed by atoms with Gasteiger partial charge in [-0.25, -0.2) is 4.98 Å². The molecule has 1 aromatic heterocycles. The number of ether oxygens (including phenoxy) is 1. The minimum Gasteiger partial charge on any atom is -0.469 e. The highest BCUT2D eigenvalue weighted by Gasteiger charge is 2.07. The summed E-state index contributed by atoms with van der Waals surface area (Å²) in [6.45, 7) is 0.583. The van der Waals surface area contributed by atoms with Gasteiger partial charge in [-0.3, -0.25) is 19.4 Å². The standard InChI is InChI=1S/C23H26N4O4/c1-31-20(28)10-4-2-3-7-15-24-21(29)16-11-13-17(14-12-16)25-23-26-19-9-6-5-8-18(19)22(30)27-23/h5-6,8-9,11-14H,2-4,7,10,15H2,1H3,(H,24,29)(H2,25,26,27,30). The highest BCUT2D eigenvalue weighted by Crippen LogP contribution is 2.15. The Kier molecular flexibility index (Phi) is 7.75. The molecule has 0 aliphatic rings. The number of para-hydroxylation sites is 1. The van der Waals surface area contributed by atoms with Gasteiger partial charge in [0, 0.05) is 24.2 Å². The number of carbonyl (C=O) groups excluding carboxylic acids is 2. The molecule has 0 saturated carbocycles. The average Bonchev–Trinajstić information content (AvgIpc) is 2.78. The third-order valence-electron chi connectivity index (χ3n) is 4.84. The number of fused-ring (bicyclic) bond motifs is 1. The van der Waals surface area contributed by atoms with Crippen LogP contribution in [0.2, 0.25) is 0 Å². The first-order chi connectivity index (χ1) is 15.1. The van der Waals surface area contributed by atoms with Crippen molar-refractivity contribution in [1.82, 2.24) is 15.3 Å². The number of rotatable bonds is 10. The van der Waals surface area contributed by atoms with E-state index in [0.29, 0.717) is 41.1 Å². The Balaban J connectivity index is 1.46. The molecule has 2 aromatic carbocycles. The zero-order valence-corrected chi connectivity index (χ0v) is 17.4. The quantitative estimate of drug-likeness (QED) is 0.340. The smallest absolute Gasteiger partial charge is 0.305 e. The second-order valence-corrected chi connectivity index (χ2v) is 7.13. The lowest BCUT2D eigenvalue weighted by atomic mass is 10.1. The maximum absolute atomic E-state index is 12.3. The van der Waals surface area contributed by atoms with Crippen molar-refractivity contribution >= 4 is 34.4 Å². The second kappa shape index (κ2) is 10.9. The highest BCUT2D eigenvalue weighted by atomic mass is 16.5. The number of hydrogen-bond donors (Lipinski definition) is 3. The maximum atomic E-state index is 12.3. The van der Waals surface area contributed by atoms with Gasteiger partial charge in [-0.15, -0.1) is 0 Å². The van der Waals surface area contributed by atoms with E-state index >= 15 is 0 Å². The number of nitrogens with one attached hydrogen (secondary N) is 3. The van der Waals surface area contributed by atoms with Crippen LogP contribution in [0, 0.1) is 0 Å². The number of unbranched alkanes of at least 4 members (excludes halogenated alkanes) is 3. The van der Waals surface area contributed by atoms with Crippen LogP contribution in [0.5, 0.6) is 0 Å². The summed E-state index contributed by atoms with van der Waals surface area (Å²) >= 11 is 0. The summed E-state index contributed by atoms with van der Waals surface area (Å²) in [4.78, 5) is 42.6. The zero-order valence-electron chi connectivity index (χ0n) is 17.4. The Morgan fingerprint density at radius 1 is 1.00 bits per heavy atom. The number of esters is 1. The summed E-state index contributed by atoms with van der Waals surface area (Å²) in [5.74, 6) is 0.0143. The van der Waals surface area contributed by atoms with Crippen molar-refractivity contribution in [3.8, 4) is 0 Å². The van der Waals surface area contributed by atoms with Gasteiger partial charge in [0.25, 0.3) is 11.5 Å². The first-order valence-electron chi connectivity index (χ1n) is 10.3. The fourth-order valence-corrected chi connectivity index (χ4v) is 3.14. The minimum absolute atomic E-state index is 0.140. The molecule has 0 unspecified atom stereocenters. The van der Waals surface area contributed by atoms with Crippen LogP contribution in [-0.2, 0) is 9.53 Å². The van der Waals surface area contributed by atoms with Gasteiger partial charge >= 0.3 is 5.97 Å². The third kappa shape index (κ3) is 6.40. The summed E-state index contributed by atoms with van der Waals surface area (Å²) < 4.78 is 4.60. The summed E-state index contributed by atoms with van der Waals surface area (Å²) in [6.07, 6.45) is 3.96. The average molecular weight is 422 g/mol. The predicted molar refractivity (Wildman–Crippen MR) is 120 cm³/mol. The summed E-state index contributed by atoms with van der Waals surface area (Å²) in [7, 11) is 1.39. The van der Waals surface area contributed by atoms with Gasteiger partial charge in [0.2, 0.25) is 5.95 Å². The molecule has 3 aromatic rings. The molecular weight excluding hydrogens is 396 g/mol. The number of nitrogens with zero attached hydrogens (tertiary/aromatic N) is 1. The Bertz CT molecular complexity index is 1090. The highest BCUT2D eigenvalue weighted by molar-refractivity contribution is 5.94. The van der Waals surface area contributed by atoms with Crippen molar-refractivity contribution in [2.75, 3.05) is 19.0 Å². The molecule has 8 heteroatoms. The van der Waals surface area contributed by atoms with Crippen LogP contribution in [0.3, 0.4) is 0 Å². The van der Waals surface area contributed by atoms with E-state index in [9.17, 15) is 14.4 Å². The first kappa shape index (κ1) is 22.0. The number of aromatic nitrogens is 2. The summed E-state index contributed by atoms with van der Waals surface area (Å²) in [5.41, 5.74) is 1.65. The predicted octanol–water partition coefficient (Wildman–Crippen LogP) is 3.52. The van der Waals surface area contributed by atoms with Crippen molar-refractivity contribution in [1.29, 1.82) is 0 Å². The van der Waals surface area contributed by atoms with Crippen LogP contribution in [0.25, 0.3) is 10.9 Å². The number of benzene rings is 2. The lowest BCUT2D eigenvalue weighted by molar-refractivity contribution is -0.140. The van der Waals surface area contributed by atoms with E-state index < -0.39 is 0 Å². The van der Waals surface area contributed by atoms with Gasteiger partial charge in [0.1, 0.15) is 0 Å². The number of aromatic amines is 1. The molecule has 1 amide bonds. The molecule has 0 fully saturated rings. The van der Waals surface area contributed by atoms with Gasteiger partial charge in [-0.2, -0.15) is 0 Å². The molecule has 0 radical (unpaired) electrons. The fourth-order valence-electron chi connectivity index (χ4n) is 3.14. The minimum atomic E-state index is -0.214. The van der Waals surface area contributed by atoms with E-state index in [2.05, 4.69) is 25.3 Å². The number of carbonyl (C=O) groups is 2. The van der Waals surface area contributed by atoms with E-state index in [0.717, 1.165) is 25.7 Å². The van der Waals surface area contributed by atoms with Crippen molar-refractivity contribution in [3.05, 3.63) is 64.4 Å². The number of anilines is 2. The van der Waals surface area contributed by atoms with Crippen LogP contribution in [0.4, 0.5) is 11.6 Å². The van der Waals surface area contributed by atoms with Crippen molar-refractivity contribution in [3.63, 3.8) is 0 Å². The second-order valence-electron chi connectivity index (χ2n) is 7.13. The van der Waals surface area contributed by atoms with E-state index in [1.54, 1.807) is 42.5 Å². The summed E-state index contributed by atoms with van der Waals surface area (Å²) in [6, 6.07) is 14.1. The van der Waals surface area contributed by atoms with E-state index in [1.165, 1.54) is 7.11 Å². The normalized spacial score (nSPS) is 10.6. The van der Waals surface area contributed by atoms with Gasteiger partial charge in [0.05, 0.1) is 18.0 Å². The Hall–Kier alpha value is -3.68. The van der Waals surface area contributed by atoms with Gasteiger partial charge in [0.15, 0.2) is 0 Å². The van der Waals surface area contributed by atoms with Crippen LogP contribution >= 0.6 is 0 Å². The largest absolute Gasteiger partial charge is 0.469 e. The molecule has 0 spiro atoms. The van der Waals surface area contributed by atoms with Crippen molar-refractivity contribution in [2.45, 2.75) is 32.1 Å². The summed E-state index contributed by atoms with van der Waals surface area (Å²) in [5, 5.41) is 6.48. The van der Waals surface area contributed by atoms with Crippen molar-refractivity contribution < 1.29 is 14.3 Å². The third-order valence-corrected chi connectivity index (χ3v) is 4.84. The van der Waals surface area contributed by atoms with Crippen LogP contribution < -0.4 is 16.2 Å². The molecule has 0 saturated heterocycles. The number of hydrogen-bond acceptors (Lipinski definition) is 6. The van der Waals surface area contributed by atoms with Crippen molar-refractivity contribution in [2.24, 2.45) is 0 Å². The Morgan fingerprint density at radius 2 is 1.74 bits per heavy atom. The molecule has 8 nitrogen and oxygen atoms in total. The molecular formula is C23H26N4O4. The Labute approximate surface area is 180 Å². The first-order valence-corrected chi connectivity index (χ1v) is 10.3. The van der Waals surface area contributed by atoms with Gasteiger partial charge < -0.3 is 15.4 Å². The number of methoxy groups -OCH3 is 1. The van der Waals surface area contributed by atoms with Crippen LogP contribution in [0.1, 0.15) is 42.5 Å². The zero-order chi connectivity index (χ0) is 22.1. The topological polar surface area (TPSA) is 113 Å². The molecule has 0 atom stereocenters. The van der Waals surface area contributed by atoms with Gasteiger partial charge in [-0.1, -0.05) is 25.0 Å². The fraction of sp³-hybridized carbons (Fsp3) is 0.304. The van der Waals surface area contributed by atoms with Crippen LogP contribution in [-0.4, -0.2) is 35.5 Å². The molecule has 31 heavy (non-hydrogen) atoms. The molecule has 1 heterocycles. The molecule has 0 bridgehead atoms.